The predicted octanol–water partition coefficient (Wildman–Crippen LogP) is 3.34. The molecule has 0 saturated carbocycles. The van der Waals surface area contributed by atoms with E-state index in [9.17, 15) is 4.39 Å². The number of halogens is 2. The Labute approximate surface area is 113 Å². The van der Waals surface area contributed by atoms with Crippen LogP contribution >= 0.6 is 11.6 Å². The van der Waals surface area contributed by atoms with Crippen molar-refractivity contribution in [1.82, 2.24) is 4.90 Å². The van der Waals surface area contributed by atoms with Crippen LogP contribution in [0.3, 0.4) is 0 Å². The highest BCUT2D eigenvalue weighted by atomic mass is 35.5. The Balaban J connectivity index is 1.92. The molecule has 1 heterocycles. The fourth-order valence-electron chi connectivity index (χ4n) is 2.45. The van der Waals surface area contributed by atoms with Crippen LogP contribution in [0.2, 0.25) is 5.02 Å². The van der Waals surface area contributed by atoms with E-state index in [-0.39, 0.29) is 5.82 Å². The van der Waals surface area contributed by atoms with Crippen LogP contribution in [0.15, 0.2) is 18.2 Å². The lowest BCUT2D eigenvalue weighted by Gasteiger charge is -2.31. The molecule has 0 aromatic heterocycles. The predicted molar refractivity (Wildman–Crippen MR) is 71.3 cm³/mol. The van der Waals surface area contributed by atoms with Gasteiger partial charge in [0.1, 0.15) is 5.82 Å². The first-order valence-electron chi connectivity index (χ1n) is 6.35. The van der Waals surface area contributed by atoms with E-state index in [0.717, 1.165) is 32.5 Å². The summed E-state index contributed by atoms with van der Waals surface area (Å²) in [5.41, 5.74) is 0.615. The molecule has 1 fully saturated rings. The number of benzene rings is 1. The van der Waals surface area contributed by atoms with Crippen molar-refractivity contribution in [3.8, 4) is 0 Å². The highest BCUT2D eigenvalue weighted by Crippen LogP contribution is 2.24. The molecule has 1 aromatic rings. The highest BCUT2D eigenvalue weighted by Gasteiger charge is 2.20. The molecule has 1 aromatic carbocycles. The quantitative estimate of drug-likeness (QED) is 0.833. The smallest absolute Gasteiger partial charge is 0.129 e. The van der Waals surface area contributed by atoms with E-state index >= 15 is 0 Å². The van der Waals surface area contributed by atoms with Gasteiger partial charge in [0.15, 0.2) is 0 Å². The number of methoxy groups -OCH3 is 1. The molecule has 1 aliphatic rings. The van der Waals surface area contributed by atoms with Crippen molar-refractivity contribution in [3.63, 3.8) is 0 Å². The average Bonchev–Trinajstić information content (AvgIpc) is 2.36. The minimum absolute atomic E-state index is 0.207. The van der Waals surface area contributed by atoms with Crippen LogP contribution in [-0.2, 0) is 11.3 Å². The monoisotopic (exact) mass is 271 g/mol. The van der Waals surface area contributed by atoms with Gasteiger partial charge in [0.2, 0.25) is 0 Å². The van der Waals surface area contributed by atoms with Crippen LogP contribution in [0.4, 0.5) is 4.39 Å². The number of ether oxygens (including phenoxy) is 1. The maximum Gasteiger partial charge on any atom is 0.129 e. The summed E-state index contributed by atoms with van der Waals surface area (Å²) in [6.45, 7) is 3.40. The standard InChI is InChI=1S/C14H19ClFNO/c1-18-10-11-5-7-17(8-6-11)9-12-13(15)3-2-4-14(12)16/h2-4,11H,5-10H2,1H3. The fraction of sp³-hybridized carbons (Fsp3) is 0.571. The second-order valence-corrected chi connectivity index (χ2v) is 5.28. The third-order valence-electron chi connectivity index (χ3n) is 3.55. The zero-order chi connectivity index (χ0) is 13.0. The van der Waals surface area contributed by atoms with Gasteiger partial charge in [-0.2, -0.15) is 0 Å². The molecule has 2 rings (SSSR count). The van der Waals surface area contributed by atoms with Crippen LogP contribution in [0.1, 0.15) is 18.4 Å². The molecule has 0 N–H and O–H groups in total. The number of hydrogen-bond donors (Lipinski definition) is 0. The first kappa shape index (κ1) is 13.8. The van der Waals surface area contributed by atoms with Gasteiger partial charge in [-0.05, 0) is 44.0 Å². The summed E-state index contributed by atoms with van der Waals surface area (Å²) in [6, 6.07) is 4.86. The van der Waals surface area contributed by atoms with Gasteiger partial charge < -0.3 is 4.74 Å². The number of piperidine rings is 1. The molecule has 0 unspecified atom stereocenters. The minimum Gasteiger partial charge on any atom is -0.384 e. The summed E-state index contributed by atoms with van der Waals surface area (Å²) in [5, 5.41) is 0.522. The van der Waals surface area contributed by atoms with E-state index in [1.807, 2.05) is 0 Å². The molecule has 0 aliphatic carbocycles. The molecule has 2 nitrogen and oxygen atoms in total. The third-order valence-corrected chi connectivity index (χ3v) is 3.91. The molecule has 1 aliphatic heterocycles. The first-order chi connectivity index (χ1) is 8.70. The summed E-state index contributed by atoms with van der Waals surface area (Å²) in [7, 11) is 1.74. The maximum atomic E-state index is 13.7. The Morgan fingerprint density at radius 1 is 1.39 bits per heavy atom. The number of rotatable bonds is 4. The Bertz CT molecular complexity index is 371. The number of likely N-dealkylation sites (tertiary alicyclic amines) is 1. The fourth-order valence-corrected chi connectivity index (χ4v) is 2.68. The summed E-state index contributed by atoms with van der Waals surface area (Å²) in [4.78, 5) is 2.26. The van der Waals surface area contributed by atoms with Gasteiger partial charge in [0.05, 0.1) is 0 Å². The van der Waals surface area contributed by atoms with Gasteiger partial charge in [-0.25, -0.2) is 4.39 Å². The van der Waals surface area contributed by atoms with Crippen LogP contribution in [-0.4, -0.2) is 31.7 Å². The van der Waals surface area contributed by atoms with Crippen molar-refractivity contribution in [1.29, 1.82) is 0 Å². The van der Waals surface area contributed by atoms with Gasteiger partial charge in [-0.3, -0.25) is 4.90 Å². The molecule has 100 valence electrons. The number of hydrogen-bond acceptors (Lipinski definition) is 2. The molecule has 18 heavy (non-hydrogen) atoms. The molecule has 1 saturated heterocycles. The largest absolute Gasteiger partial charge is 0.384 e. The van der Waals surface area contributed by atoms with Gasteiger partial charge in [0, 0.05) is 30.8 Å². The first-order valence-corrected chi connectivity index (χ1v) is 6.72. The Hall–Kier alpha value is -0.640. The second kappa shape index (κ2) is 6.50. The molecule has 0 atom stereocenters. The van der Waals surface area contributed by atoms with Crippen LogP contribution in [0.5, 0.6) is 0 Å². The van der Waals surface area contributed by atoms with Crippen molar-refractivity contribution >= 4 is 11.6 Å². The molecular weight excluding hydrogens is 253 g/mol. The average molecular weight is 272 g/mol. The molecular formula is C14H19ClFNO. The lowest BCUT2D eigenvalue weighted by Crippen LogP contribution is -2.34. The van der Waals surface area contributed by atoms with Crippen LogP contribution < -0.4 is 0 Å². The van der Waals surface area contributed by atoms with E-state index in [2.05, 4.69) is 4.90 Å². The van der Waals surface area contributed by atoms with E-state index in [4.69, 9.17) is 16.3 Å². The van der Waals surface area contributed by atoms with Gasteiger partial charge in [-0.1, -0.05) is 17.7 Å². The maximum absolute atomic E-state index is 13.7. The third kappa shape index (κ3) is 3.44. The van der Waals surface area contributed by atoms with Crippen molar-refractivity contribution in [2.45, 2.75) is 19.4 Å². The summed E-state index contributed by atoms with van der Waals surface area (Å²) in [6.07, 6.45) is 2.22. The Morgan fingerprint density at radius 3 is 2.72 bits per heavy atom. The lowest BCUT2D eigenvalue weighted by atomic mass is 9.97. The summed E-state index contributed by atoms with van der Waals surface area (Å²) in [5.74, 6) is 0.434. The topological polar surface area (TPSA) is 12.5 Å². The molecule has 0 spiro atoms. The number of nitrogens with zero attached hydrogens (tertiary/aromatic N) is 1. The van der Waals surface area contributed by atoms with Crippen molar-refractivity contribution < 1.29 is 9.13 Å². The van der Waals surface area contributed by atoms with Gasteiger partial charge in [0.25, 0.3) is 0 Å². The summed E-state index contributed by atoms with van der Waals surface area (Å²) < 4.78 is 18.8. The Kier molecular flexibility index (Phi) is 4.98. The zero-order valence-corrected chi connectivity index (χ0v) is 11.4. The Morgan fingerprint density at radius 2 is 2.11 bits per heavy atom. The van der Waals surface area contributed by atoms with Crippen LogP contribution in [0.25, 0.3) is 0 Å². The van der Waals surface area contributed by atoms with Crippen LogP contribution in [0, 0.1) is 11.7 Å². The SMILES string of the molecule is COCC1CCN(Cc2c(F)cccc2Cl)CC1. The van der Waals surface area contributed by atoms with Gasteiger partial charge in [-0.15, -0.1) is 0 Å². The minimum atomic E-state index is -0.207. The van der Waals surface area contributed by atoms with Crippen molar-refractivity contribution in [2.75, 3.05) is 26.8 Å². The van der Waals surface area contributed by atoms with E-state index in [0.29, 0.717) is 23.0 Å². The zero-order valence-electron chi connectivity index (χ0n) is 10.7. The highest BCUT2D eigenvalue weighted by molar-refractivity contribution is 6.31. The van der Waals surface area contributed by atoms with Crippen molar-refractivity contribution in [2.24, 2.45) is 5.92 Å². The molecule has 0 amide bonds. The van der Waals surface area contributed by atoms with E-state index < -0.39 is 0 Å². The lowest BCUT2D eigenvalue weighted by molar-refractivity contribution is 0.0964. The van der Waals surface area contributed by atoms with Crippen molar-refractivity contribution in [3.05, 3.63) is 34.6 Å². The molecule has 0 bridgehead atoms. The van der Waals surface area contributed by atoms with Gasteiger partial charge >= 0.3 is 0 Å². The second-order valence-electron chi connectivity index (χ2n) is 4.88. The summed E-state index contributed by atoms with van der Waals surface area (Å²) >= 11 is 6.04. The molecule has 0 radical (unpaired) electrons. The van der Waals surface area contributed by atoms with E-state index in [1.165, 1.54) is 6.07 Å². The molecule has 4 heteroatoms. The normalized spacial score (nSPS) is 18.2. The van der Waals surface area contributed by atoms with E-state index in [1.54, 1.807) is 19.2 Å².